The van der Waals surface area contributed by atoms with E-state index < -0.39 is 6.10 Å². The molecule has 1 aromatic carbocycles. The molecule has 0 aliphatic heterocycles. The van der Waals surface area contributed by atoms with Gasteiger partial charge >= 0.3 is 0 Å². The van der Waals surface area contributed by atoms with E-state index in [9.17, 15) is 5.11 Å². The molecule has 0 saturated heterocycles. The Morgan fingerprint density at radius 3 is 2.73 bits per heavy atom. The highest BCUT2D eigenvalue weighted by atomic mass is 16.5. The minimum Gasteiger partial charge on any atom is -0.491 e. The van der Waals surface area contributed by atoms with Crippen LogP contribution in [0.2, 0.25) is 0 Å². The van der Waals surface area contributed by atoms with E-state index in [-0.39, 0.29) is 6.61 Å². The summed E-state index contributed by atoms with van der Waals surface area (Å²) >= 11 is 0. The molecule has 0 radical (unpaired) electrons. The molecule has 0 spiro atoms. The zero-order valence-corrected chi connectivity index (χ0v) is 14.1. The van der Waals surface area contributed by atoms with Gasteiger partial charge in [-0.2, -0.15) is 0 Å². The van der Waals surface area contributed by atoms with Crippen molar-refractivity contribution in [2.75, 3.05) is 26.2 Å². The van der Waals surface area contributed by atoms with E-state index in [0.717, 1.165) is 30.4 Å². The van der Waals surface area contributed by atoms with Crippen molar-refractivity contribution in [3.8, 4) is 5.75 Å². The molecule has 0 aliphatic carbocycles. The third-order valence-corrected chi connectivity index (χ3v) is 2.90. The molecular formula is C17H29N3O2. The summed E-state index contributed by atoms with van der Waals surface area (Å²) in [5.41, 5.74) is 1.14. The van der Waals surface area contributed by atoms with E-state index in [1.165, 1.54) is 0 Å². The van der Waals surface area contributed by atoms with Gasteiger partial charge in [0.2, 0.25) is 0 Å². The molecular weight excluding hydrogens is 278 g/mol. The molecule has 1 unspecified atom stereocenters. The Morgan fingerprint density at radius 1 is 1.32 bits per heavy atom. The molecule has 124 valence electrons. The Labute approximate surface area is 133 Å². The van der Waals surface area contributed by atoms with Crippen molar-refractivity contribution >= 4 is 5.96 Å². The zero-order chi connectivity index (χ0) is 16.4. The predicted octanol–water partition coefficient (Wildman–Crippen LogP) is 1.95. The third kappa shape index (κ3) is 7.88. The van der Waals surface area contributed by atoms with Crippen LogP contribution in [-0.2, 0) is 0 Å². The molecule has 0 amide bonds. The van der Waals surface area contributed by atoms with Crippen LogP contribution in [0.15, 0.2) is 29.3 Å². The van der Waals surface area contributed by atoms with Gasteiger partial charge in [-0.1, -0.05) is 26.0 Å². The molecule has 22 heavy (non-hydrogen) atoms. The van der Waals surface area contributed by atoms with Crippen LogP contribution in [0.4, 0.5) is 0 Å². The lowest BCUT2D eigenvalue weighted by atomic mass is 10.2. The first-order chi connectivity index (χ1) is 10.5. The van der Waals surface area contributed by atoms with Crippen LogP contribution < -0.4 is 15.4 Å². The Kier molecular flexibility index (Phi) is 8.36. The number of aliphatic hydroxyl groups excluding tert-OH is 1. The summed E-state index contributed by atoms with van der Waals surface area (Å²) < 4.78 is 5.59. The van der Waals surface area contributed by atoms with Gasteiger partial charge in [-0.15, -0.1) is 0 Å². The smallest absolute Gasteiger partial charge is 0.191 e. The van der Waals surface area contributed by atoms with Gasteiger partial charge in [0.15, 0.2) is 5.96 Å². The Morgan fingerprint density at radius 2 is 2.09 bits per heavy atom. The first-order valence-electron chi connectivity index (χ1n) is 7.91. The molecule has 0 saturated carbocycles. The van der Waals surface area contributed by atoms with E-state index in [1.807, 2.05) is 38.1 Å². The van der Waals surface area contributed by atoms with Crippen molar-refractivity contribution in [3.63, 3.8) is 0 Å². The molecule has 1 rings (SSSR count). The van der Waals surface area contributed by atoms with Gasteiger partial charge in [0, 0.05) is 19.6 Å². The quantitative estimate of drug-likeness (QED) is 0.507. The fourth-order valence-corrected chi connectivity index (χ4v) is 1.79. The molecule has 1 aromatic rings. The second-order valence-electron chi connectivity index (χ2n) is 5.78. The normalized spacial score (nSPS) is 13.1. The number of guanidine groups is 1. The van der Waals surface area contributed by atoms with Gasteiger partial charge in [-0.05, 0) is 37.5 Å². The van der Waals surface area contributed by atoms with Crippen LogP contribution >= 0.6 is 0 Å². The fraction of sp³-hybridized carbons (Fsp3) is 0.588. The number of nitrogens with one attached hydrogen (secondary N) is 2. The molecule has 1 atom stereocenters. The van der Waals surface area contributed by atoms with Gasteiger partial charge in [0.1, 0.15) is 18.5 Å². The number of aryl methyl sites for hydroxylation is 1. The minimum atomic E-state index is -0.594. The van der Waals surface area contributed by atoms with Crippen LogP contribution in [0.1, 0.15) is 26.3 Å². The van der Waals surface area contributed by atoms with E-state index in [0.29, 0.717) is 12.5 Å². The SMILES string of the molecule is CCNC(=NCC(C)C)NCC(O)COc1cccc(C)c1. The number of benzene rings is 1. The van der Waals surface area contributed by atoms with Crippen LogP contribution in [0, 0.1) is 12.8 Å². The Bertz CT molecular complexity index is 461. The standard InChI is InChI=1S/C17H29N3O2/c1-5-18-17(19-10-13(2)3)20-11-15(21)12-22-16-8-6-7-14(4)9-16/h6-9,13,15,21H,5,10-12H2,1-4H3,(H2,18,19,20). The predicted molar refractivity (Wildman–Crippen MR) is 91.5 cm³/mol. The van der Waals surface area contributed by atoms with Gasteiger partial charge in [-0.25, -0.2) is 0 Å². The number of aliphatic hydroxyl groups is 1. The van der Waals surface area contributed by atoms with Gasteiger partial charge < -0.3 is 20.5 Å². The van der Waals surface area contributed by atoms with Crippen molar-refractivity contribution in [1.29, 1.82) is 0 Å². The van der Waals surface area contributed by atoms with E-state index >= 15 is 0 Å². The molecule has 5 heteroatoms. The molecule has 0 fully saturated rings. The fourth-order valence-electron chi connectivity index (χ4n) is 1.79. The lowest BCUT2D eigenvalue weighted by molar-refractivity contribution is 0.110. The van der Waals surface area contributed by atoms with Crippen molar-refractivity contribution < 1.29 is 9.84 Å². The lowest BCUT2D eigenvalue weighted by Gasteiger charge is -2.16. The molecule has 5 nitrogen and oxygen atoms in total. The first-order valence-corrected chi connectivity index (χ1v) is 7.91. The summed E-state index contributed by atoms with van der Waals surface area (Å²) in [5.74, 6) is 2.01. The largest absolute Gasteiger partial charge is 0.491 e. The Hall–Kier alpha value is -1.75. The molecule has 0 aliphatic rings. The summed E-state index contributed by atoms with van der Waals surface area (Å²) in [6.07, 6.45) is -0.594. The van der Waals surface area contributed by atoms with Crippen molar-refractivity contribution in [2.45, 2.75) is 33.8 Å². The number of rotatable bonds is 8. The van der Waals surface area contributed by atoms with Crippen molar-refractivity contribution in [2.24, 2.45) is 10.9 Å². The summed E-state index contributed by atoms with van der Waals surface area (Å²) in [7, 11) is 0. The summed E-state index contributed by atoms with van der Waals surface area (Å²) in [6.45, 7) is 10.5. The van der Waals surface area contributed by atoms with Gasteiger partial charge in [-0.3, -0.25) is 4.99 Å². The minimum absolute atomic E-state index is 0.250. The number of hydrogen-bond donors (Lipinski definition) is 3. The molecule has 3 N–H and O–H groups in total. The second kappa shape index (κ2) is 10.1. The zero-order valence-electron chi connectivity index (χ0n) is 14.1. The molecule has 0 aromatic heterocycles. The highest BCUT2D eigenvalue weighted by Gasteiger charge is 2.07. The monoisotopic (exact) mass is 307 g/mol. The van der Waals surface area contributed by atoms with Gasteiger partial charge in [0.05, 0.1) is 0 Å². The van der Waals surface area contributed by atoms with Crippen LogP contribution in [0.3, 0.4) is 0 Å². The average Bonchev–Trinajstić information content (AvgIpc) is 2.48. The van der Waals surface area contributed by atoms with Crippen LogP contribution in [0.25, 0.3) is 0 Å². The second-order valence-corrected chi connectivity index (χ2v) is 5.78. The van der Waals surface area contributed by atoms with E-state index in [2.05, 4.69) is 29.5 Å². The number of aliphatic imine (C=N–C) groups is 1. The summed E-state index contributed by atoms with van der Waals surface area (Å²) in [4.78, 5) is 4.46. The lowest BCUT2D eigenvalue weighted by Crippen LogP contribution is -2.42. The average molecular weight is 307 g/mol. The van der Waals surface area contributed by atoms with E-state index in [4.69, 9.17) is 4.74 Å². The molecule has 0 heterocycles. The van der Waals surface area contributed by atoms with E-state index in [1.54, 1.807) is 0 Å². The van der Waals surface area contributed by atoms with Crippen LogP contribution in [-0.4, -0.2) is 43.4 Å². The maximum Gasteiger partial charge on any atom is 0.191 e. The number of ether oxygens (including phenoxy) is 1. The Balaban J connectivity index is 2.36. The maximum absolute atomic E-state index is 10.0. The maximum atomic E-state index is 10.0. The number of nitrogens with zero attached hydrogens (tertiary/aromatic N) is 1. The number of hydrogen-bond acceptors (Lipinski definition) is 3. The summed E-state index contributed by atoms with van der Waals surface area (Å²) in [6, 6.07) is 7.80. The van der Waals surface area contributed by atoms with Crippen molar-refractivity contribution in [1.82, 2.24) is 10.6 Å². The van der Waals surface area contributed by atoms with Gasteiger partial charge in [0.25, 0.3) is 0 Å². The summed E-state index contributed by atoms with van der Waals surface area (Å²) in [5, 5.41) is 16.3. The highest BCUT2D eigenvalue weighted by molar-refractivity contribution is 5.79. The molecule has 0 bridgehead atoms. The topological polar surface area (TPSA) is 65.9 Å². The van der Waals surface area contributed by atoms with Crippen molar-refractivity contribution in [3.05, 3.63) is 29.8 Å². The third-order valence-electron chi connectivity index (χ3n) is 2.90. The first kappa shape index (κ1) is 18.3. The van der Waals surface area contributed by atoms with Crippen LogP contribution in [0.5, 0.6) is 5.75 Å². The highest BCUT2D eigenvalue weighted by Crippen LogP contribution is 2.12.